The topological polar surface area (TPSA) is 40.9 Å². The highest BCUT2D eigenvalue weighted by atomic mass is 32.1. The van der Waals surface area contributed by atoms with E-state index in [4.69, 9.17) is 5.26 Å². The van der Waals surface area contributed by atoms with Crippen LogP contribution >= 0.6 is 11.3 Å². The van der Waals surface area contributed by atoms with E-state index in [1.807, 2.05) is 11.4 Å². The lowest BCUT2D eigenvalue weighted by molar-refractivity contribution is 0.112. The van der Waals surface area contributed by atoms with Gasteiger partial charge in [-0.1, -0.05) is 0 Å². The van der Waals surface area contributed by atoms with Crippen LogP contribution in [0, 0.1) is 11.3 Å². The summed E-state index contributed by atoms with van der Waals surface area (Å²) >= 11 is 1.52. The first-order valence-corrected chi connectivity index (χ1v) is 4.59. The molecule has 1 aromatic heterocycles. The highest BCUT2D eigenvalue weighted by molar-refractivity contribution is 7.17. The van der Waals surface area contributed by atoms with Crippen LogP contribution in [0.4, 0.5) is 0 Å². The van der Waals surface area contributed by atoms with E-state index in [0.29, 0.717) is 11.1 Å². The maximum atomic E-state index is 10.5. The number of rotatable bonds is 1. The van der Waals surface area contributed by atoms with Gasteiger partial charge in [0.2, 0.25) is 0 Å². The lowest BCUT2D eigenvalue weighted by Crippen LogP contribution is -1.82. The van der Waals surface area contributed by atoms with E-state index in [1.165, 1.54) is 11.3 Å². The Morgan fingerprint density at radius 2 is 2.31 bits per heavy atom. The number of fused-ring (bicyclic) bond motifs is 1. The standard InChI is InChI=1S/C10H5NOS/c11-5-9-4-7(6-12)3-8-1-2-13-10(8)9/h1-4,6H. The molecule has 0 saturated heterocycles. The zero-order valence-corrected chi connectivity index (χ0v) is 7.47. The summed E-state index contributed by atoms with van der Waals surface area (Å²) in [6, 6.07) is 7.40. The van der Waals surface area contributed by atoms with Gasteiger partial charge in [-0.3, -0.25) is 4.79 Å². The highest BCUT2D eigenvalue weighted by Gasteiger charge is 2.03. The average molecular weight is 187 g/mol. The Kier molecular flexibility index (Phi) is 1.84. The lowest BCUT2D eigenvalue weighted by Gasteiger charge is -1.94. The van der Waals surface area contributed by atoms with E-state index in [2.05, 4.69) is 6.07 Å². The van der Waals surface area contributed by atoms with Gasteiger partial charge in [0.15, 0.2) is 0 Å². The zero-order chi connectivity index (χ0) is 9.26. The molecule has 0 aliphatic rings. The second kappa shape index (κ2) is 3.00. The third kappa shape index (κ3) is 1.21. The van der Waals surface area contributed by atoms with Crippen LogP contribution < -0.4 is 0 Å². The summed E-state index contributed by atoms with van der Waals surface area (Å²) in [5, 5.41) is 11.7. The Balaban J connectivity index is 2.86. The molecule has 2 nitrogen and oxygen atoms in total. The van der Waals surface area contributed by atoms with E-state index in [1.54, 1.807) is 12.1 Å². The van der Waals surface area contributed by atoms with Gasteiger partial charge in [-0.15, -0.1) is 11.3 Å². The molecule has 3 heteroatoms. The predicted octanol–water partition coefficient (Wildman–Crippen LogP) is 2.59. The smallest absolute Gasteiger partial charge is 0.150 e. The van der Waals surface area contributed by atoms with Gasteiger partial charge in [0.05, 0.1) is 10.3 Å². The fourth-order valence-electron chi connectivity index (χ4n) is 1.26. The van der Waals surface area contributed by atoms with Crippen molar-refractivity contribution in [3.8, 4) is 6.07 Å². The Labute approximate surface area is 79.0 Å². The molecule has 0 bridgehead atoms. The van der Waals surface area contributed by atoms with Crippen LogP contribution in [0.25, 0.3) is 10.1 Å². The number of nitrogens with zero attached hydrogens (tertiary/aromatic N) is 1. The van der Waals surface area contributed by atoms with Gasteiger partial charge in [0.1, 0.15) is 12.4 Å². The van der Waals surface area contributed by atoms with Crippen molar-refractivity contribution in [3.05, 3.63) is 34.7 Å². The molecule has 13 heavy (non-hydrogen) atoms. The van der Waals surface area contributed by atoms with Crippen LogP contribution in [-0.2, 0) is 0 Å². The van der Waals surface area contributed by atoms with Crippen molar-refractivity contribution in [2.45, 2.75) is 0 Å². The van der Waals surface area contributed by atoms with E-state index in [-0.39, 0.29) is 0 Å². The zero-order valence-electron chi connectivity index (χ0n) is 6.65. The minimum Gasteiger partial charge on any atom is -0.298 e. The second-order valence-electron chi connectivity index (χ2n) is 2.64. The Morgan fingerprint density at radius 3 is 3.00 bits per heavy atom. The van der Waals surface area contributed by atoms with Crippen LogP contribution in [0.15, 0.2) is 23.6 Å². The summed E-state index contributed by atoms with van der Waals surface area (Å²) in [6.45, 7) is 0. The molecule has 1 aromatic carbocycles. The molecule has 0 amide bonds. The van der Waals surface area contributed by atoms with Crippen molar-refractivity contribution < 1.29 is 4.79 Å². The molecule has 0 fully saturated rings. The number of carbonyl (C=O) groups is 1. The fraction of sp³-hybridized carbons (Fsp3) is 0. The maximum absolute atomic E-state index is 10.5. The third-order valence-corrected chi connectivity index (χ3v) is 2.79. The SMILES string of the molecule is N#Cc1cc(C=O)cc2ccsc12. The van der Waals surface area contributed by atoms with Crippen LogP contribution in [0.1, 0.15) is 15.9 Å². The van der Waals surface area contributed by atoms with Crippen molar-refractivity contribution in [2.75, 3.05) is 0 Å². The van der Waals surface area contributed by atoms with Crippen molar-refractivity contribution in [1.29, 1.82) is 5.26 Å². The number of hydrogen-bond donors (Lipinski definition) is 0. The van der Waals surface area contributed by atoms with Crippen molar-refractivity contribution in [1.82, 2.24) is 0 Å². The number of aldehydes is 1. The molecule has 0 N–H and O–H groups in total. The van der Waals surface area contributed by atoms with Crippen LogP contribution in [0.2, 0.25) is 0 Å². The molecule has 0 spiro atoms. The molecule has 0 unspecified atom stereocenters. The van der Waals surface area contributed by atoms with Crippen LogP contribution in [-0.4, -0.2) is 6.29 Å². The number of carbonyl (C=O) groups excluding carboxylic acids is 1. The number of hydrogen-bond acceptors (Lipinski definition) is 3. The number of nitriles is 1. The number of thiophene rings is 1. The van der Waals surface area contributed by atoms with Gasteiger partial charge in [-0.2, -0.15) is 5.26 Å². The molecule has 0 atom stereocenters. The minimum absolute atomic E-state index is 0.558. The molecule has 2 rings (SSSR count). The van der Waals surface area contributed by atoms with Gasteiger partial charge >= 0.3 is 0 Å². The quantitative estimate of drug-likeness (QED) is 0.644. The summed E-state index contributed by atoms with van der Waals surface area (Å²) in [7, 11) is 0. The molecule has 0 radical (unpaired) electrons. The van der Waals surface area contributed by atoms with Gasteiger partial charge in [-0.25, -0.2) is 0 Å². The van der Waals surface area contributed by atoms with Crippen molar-refractivity contribution in [2.24, 2.45) is 0 Å². The normalized spacial score (nSPS) is 9.77. The second-order valence-corrected chi connectivity index (χ2v) is 3.55. The van der Waals surface area contributed by atoms with E-state index < -0.39 is 0 Å². The molecule has 62 valence electrons. The molecular weight excluding hydrogens is 182 g/mol. The Morgan fingerprint density at radius 1 is 1.46 bits per heavy atom. The van der Waals surface area contributed by atoms with Gasteiger partial charge in [0.25, 0.3) is 0 Å². The molecule has 2 aromatic rings. The first kappa shape index (κ1) is 7.96. The fourth-order valence-corrected chi connectivity index (χ4v) is 2.10. The summed E-state index contributed by atoms with van der Waals surface area (Å²) in [5.41, 5.74) is 1.14. The summed E-state index contributed by atoms with van der Waals surface area (Å²) in [6.07, 6.45) is 0.762. The van der Waals surface area contributed by atoms with E-state index >= 15 is 0 Å². The monoisotopic (exact) mass is 187 g/mol. The van der Waals surface area contributed by atoms with Crippen molar-refractivity contribution >= 4 is 27.7 Å². The average Bonchev–Trinajstić information content (AvgIpc) is 2.63. The van der Waals surface area contributed by atoms with Crippen LogP contribution in [0.3, 0.4) is 0 Å². The van der Waals surface area contributed by atoms with E-state index in [9.17, 15) is 4.79 Å². The summed E-state index contributed by atoms with van der Waals surface area (Å²) in [4.78, 5) is 10.5. The molecule has 0 saturated carbocycles. The van der Waals surface area contributed by atoms with E-state index in [0.717, 1.165) is 16.4 Å². The largest absolute Gasteiger partial charge is 0.298 e. The first-order valence-electron chi connectivity index (χ1n) is 3.71. The molecular formula is C10H5NOS. The van der Waals surface area contributed by atoms with Gasteiger partial charge in [0, 0.05) is 5.56 Å². The lowest BCUT2D eigenvalue weighted by atomic mass is 10.1. The maximum Gasteiger partial charge on any atom is 0.150 e. The van der Waals surface area contributed by atoms with Crippen molar-refractivity contribution in [3.63, 3.8) is 0 Å². The Hall–Kier alpha value is -1.66. The summed E-state index contributed by atoms with van der Waals surface area (Å²) in [5.74, 6) is 0. The van der Waals surface area contributed by atoms with Gasteiger partial charge < -0.3 is 0 Å². The number of benzene rings is 1. The Bertz CT molecular complexity index is 507. The third-order valence-electron chi connectivity index (χ3n) is 1.83. The highest BCUT2D eigenvalue weighted by Crippen LogP contribution is 2.25. The van der Waals surface area contributed by atoms with Crippen LogP contribution in [0.5, 0.6) is 0 Å². The molecule has 1 heterocycles. The predicted molar refractivity (Wildman–Crippen MR) is 51.9 cm³/mol. The molecule has 0 aliphatic heterocycles. The minimum atomic E-state index is 0.558. The summed E-state index contributed by atoms with van der Waals surface area (Å²) < 4.78 is 0.952. The van der Waals surface area contributed by atoms with Gasteiger partial charge in [-0.05, 0) is 29.0 Å². The molecule has 0 aliphatic carbocycles. The first-order chi connectivity index (χ1) is 6.35.